The van der Waals surface area contributed by atoms with Gasteiger partial charge in [0, 0.05) is 16.0 Å². The van der Waals surface area contributed by atoms with Crippen LogP contribution in [0.3, 0.4) is 0 Å². The summed E-state index contributed by atoms with van der Waals surface area (Å²) in [6.45, 7) is 4.26. The molecule has 0 radical (unpaired) electrons. The van der Waals surface area contributed by atoms with Crippen molar-refractivity contribution in [3.8, 4) is 0 Å². The second-order valence-electron chi connectivity index (χ2n) is 5.34. The largest absolute Gasteiger partial charge is 0.339 e. The van der Waals surface area contributed by atoms with Crippen molar-refractivity contribution in [3.05, 3.63) is 59.2 Å². The molecule has 0 atom stereocenters. The van der Waals surface area contributed by atoms with Gasteiger partial charge in [0.05, 0.1) is 5.39 Å². The van der Waals surface area contributed by atoms with Crippen molar-refractivity contribution >= 4 is 43.8 Å². The van der Waals surface area contributed by atoms with Crippen LogP contribution in [0.4, 0.5) is 11.5 Å². The maximum Gasteiger partial charge on any atom is 0.142 e. The third kappa shape index (κ3) is 2.04. The van der Waals surface area contributed by atoms with Gasteiger partial charge in [0.15, 0.2) is 0 Å². The first kappa shape index (κ1) is 13.2. The van der Waals surface area contributed by atoms with Gasteiger partial charge in [-0.25, -0.2) is 9.97 Å². The fraction of sp³-hybridized carbons (Fsp3) is 0.111. The van der Waals surface area contributed by atoms with Crippen molar-refractivity contribution in [2.24, 2.45) is 0 Å². The lowest BCUT2D eigenvalue weighted by molar-refractivity contribution is 1.23. The van der Waals surface area contributed by atoms with Crippen molar-refractivity contribution in [2.75, 3.05) is 5.32 Å². The molecule has 0 bridgehead atoms. The minimum absolute atomic E-state index is 0.878. The number of rotatable bonds is 2. The summed E-state index contributed by atoms with van der Waals surface area (Å²) in [4.78, 5) is 11.2. The maximum atomic E-state index is 4.47. The van der Waals surface area contributed by atoms with E-state index in [1.807, 2.05) is 0 Å². The molecule has 108 valence electrons. The number of aryl methyl sites for hydroxylation is 2. The van der Waals surface area contributed by atoms with Crippen molar-refractivity contribution in [1.82, 2.24) is 9.97 Å². The minimum atomic E-state index is 0.878. The number of nitrogens with zero attached hydrogens (tertiary/aromatic N) is 2. The molecule has 0 saturated carbocycles. The van der Waals surface area contributed by atoms with E-state index in [-0.39, 0.29) is 0 Å². The Morgan fingerprint density at radius 3 is 2.68 bits per heavy atom. The Bertz CT molecular complexity index is 983. The number of anilines is 2. The summed E-state index contributed by atoms with van der Waals surface area (Å²) < 4.78 is 0. The van der Waals surface area contributed by atoms with Crippen LogP contribution in [0.2, 0.25) is 0 Å². The minimum Gasteiger partial charge on any atom is -0.339 e. The van der Waals surface area contributed by atoms with Crippen LogP contribution in [0.1, 0.15) is 10.4 Å². The highest BCUT2D eigenvalue weighted by atomic mass is 32.1. The molecule has 0 spiro atoms. The third-order valence-electron chi connectivity index (χ3n) is 4.01. The van der Waals surface area contributed by atoms with Gasteiger partial charge in [0.2, 0.25) is 0 Å². The van der Waals surface area contributed by atoms with Crippen molar-refractivity contribution < 1.29 is 0 Å². The molecule has 2 aromatic carbocycles. The number of hydrogen-bond acceptors (Lipinski definition) is 4. The number of nitrogens with one attached hydrogen (secondary N) is 1. The number of benzene rings is 2. The van der Waals surface area contributed by atoms with E-state index in [9.17, 15) is 0 Å². The second-order valence-corrected chi connectivity index (χ2v) is 6.54. The van der Waals surface area contributed by atoms with Crippen LogP contribution in [0.5, 0.6) is 0 Å². The predicted octanol–water partition coefficient (Wildman–Crippen LogP) is 5.20. The van der Waals surface area contributed by atoms with Crippen LogP contribution in [-0.2, 0) is 0 Å². The average molecular weight is 305 g/mol. The van der Waals surface area contributed by atoms with Gasteiger partial charge in [-0.05, 0) is 30.9 Å². The van der Waals surface area contributed by atoms with E-state index < -0.39 is 0 Å². The molecule has 2 heterocycles. The van der Waals surface area contributed by atoms with Crippen LogP contribution in [0, 0.1) is 13.8 Å². The molecule has 4 rings (SSSR count). The molecular formula is C18H15N3S. The van der Waals surface area contributed by atoms with E-state index in [1.165, 1.54) is 21.2 Å². The lowest BCUT2D eigenvalue weighted by Gasteiger charge is -2.10. The summed E-state index contributed by atoms with van der Waals surface area (Å²) in [5, 5.41) is 7.04. The first-order chi connectivity index (χ1) is 10.7. The summed E-state index contributed by atoms with van der Waals surface area (Å²) in [5.41, 5.74) is 2.32. The number of thiophene rings is 1. The highest BCUT2D eigenvalue weighted by Gasteiger charge is 2.12. The summed E-state index contributed by atoms with van der Waals surface area (Å²) in [7, 11) is 0. The number of aromatic nitrogens is 2. The fourth-order valence-corrected chi connectivity index (χ4v) is 3.74. The quantitative estimate of drug-likeness (QED) is 0.553. The predicted molar refractivity (Wildman–Crippen MR) is 94.1 cm³/mol. The zero-order chi connectivity index (χ0) is 15.1. The van der Waals surface area contributed by atoms with E-state index in [1.54, 1.807) is 17.7 Å². The SMILES string of the molecule is Cc1sc2ncnc(Nc3cccc4ccccc34)c2c1C. The van der Waals surface area contributed by atoms with E-state index in [2.05, 4.69) is 71.6 Å². The van der Waals surface area contributed by atoms with Gasteiger partial charge in [0.1, 0.15) is 17.0 Å². The molecule has 3 nitrogen and oxygen atoms in total. The molecule has 0 unspecified atom stereocenters. The van der Waals surface area contributed by atoms with Gasteiger partial charge in [0.25, 0.3) is 0 Å². The molecule has 22 heavy (non-hydrogen) atoms. The Labute approximate surface area is 132 Å². The zero-order valence-corrected chi connectivity index (χ0v) is 13.2. The van der Waals surface area contributed by atoms with Gasteiger partial charge < -0.3 is 5.32 Å². The molecular weight excluding hydrogens is 290 g/mol. The fourth-order valence-electron chi connectivity index (χ4n) is 2.74. The molecule has 0 fully saturated rings. The van der Waals surface area contributed by atoms with Crippen LogP contribution in [0.25, 0.3) is 21.0 Å². The number of hydrogen-bond donors (Lipinski definition) is 1. The Morgan fingerprint density at radius 1 is 0.955 bits per heavy atom. The van der Waals surface area contributed by atoms with Gasteiger partial charge in [-0.2, -0.15) is 0 Å². The van der Waals surface area contributed by atoms with Gasteiger partial charge in [-0.3, -0.25) is 0 Å². The van der Waals surface area contributed by atoms with Crippen LogP contribution in [-0.4, -0.2) is 9.97 Å². The molecule has 0 aliphatic carbocycles. The van der Waals surface area contributed by atoms with Gasteiger partial charge >= 0.3 is 0 Å². The highest BCUT2D eigenvalue weighted by Crippen LogP contribution is 2.35. The molecule has 0 saturated heterocycles. The van der Waals surface area contributed by atoms with E-state index in [4.69, 9.17) is 0 Å². The maximum absolute atomic E-state index is 4.47. The first-order valence-electron chi connectivity index (χ1n) is 7.19. The van der Waals surface area contributed by atoms with E-state index >= 15 is 0 Å². The first-order valence-corrected chi connectivity index (χ1v) is 8.01. The lowest BCUT2D eigenvalue weighted by atomic mass is 10.1. The van der Waals surface area contributed by atoms with Crippen LogP contribution < -0.4 is 5.32 Å². The topological polar surface area (TPSA) is 37.8 Å². The second kappa shape index (κ2) is 5.07. The average Bonchev–Trinajstić information content (AvgIpc) is 2.83. The highest BCUT2D eigenvalue weighted by molar-refractivity contribution is 7.18. The Balaban J connectivity index is 1.90. The smallest absolute Gasteiger partial charge is 0.142 e. The molecule has 0 aliphatic heterocycles. The monoisotopic (exact) mass is 305 g/mol. The zero-order valence-electron chi connectivity index (χ0n) is 12.4. The normalized spacial score (nSPS) is 11.2. The lowest BCUT2D eigenvalue weighted by Crippen LogP contribution is -1.96. The third-order valence-corrected chi connectivity index (χ3v) is 5.12. The number of fused-ring (bicyclic) bond motifs is 2. The Kier molecular flexibility index (Phi) is 3.05. The van der Waals surface area contributed by atoms with Crippen molar-refractivity contribution in [1.29, 1.82) is 0 Å². The molecule has 4 aromatic rings. The Morgan fingerprint density at radius 2 is 1.77 bits per heavy atom. The van der Waals surface area contributed by atoms with Crippen molar-refractivity contribution in [3.63, 3.8) is 0 Å². The van der Waals surface area contributed by atoms with Gasteiger partial charge in [-0.1, -0.05) is 36.4 Å². The molecule has 1 N–H and O–H groups in total. The summed E-state index contributed by atoms with van der Waals surface area (Å²) in [5.74, 6) is 0.878. The molecule has 0 amide bonds. The molecule has 4 heteroatoms. The van der Waals surface area contributed by atoms with Crippen LogP contribution in [0.15, 0.2) is 48.8 Å². The summed E-state index contributed by atoms with van der Waals surface area (Å²) >= 11 is 1.72. The summed E-state index contributed by atoms with van der Waals surface area (Å²) in [6, 6.07) is 14.6. The van der Waals surface area contributed by atoms with Crippen LogP contribution >= 0.6 is 11.3 Å². The van der Waals surface area contributed by atoms with E-state index in [0.29, 0.717) is 0 Å². The van der Waals surface area contributed by atoms with Gasteiger partial charge in [-0.15, -0.1) is 11.3 Å². The Hall–Kier alpha value is -2.46. The molecule has 0 aliphatic rings. The standard InChI is InChI=1S/C18H15N3S/c1-11-12(2)22-18-16(11)17(19-10-20-18)21-15-9-5-7-13-6-3-4-8-14(13)15/h3-10H,1-2H3,(H,19,20,21). The van der Waals surface area contributed by atoms with Crippen molar-refractivity contribution in [2.45, 2.75) is 13.8 Å². The molecule has 2 aromatic heterocycles. The summed E-state index contributed by atoms with van der Waals surface area (Å²) in [6.07, 6.45) is 1.63. The van der Waals surface area contributed by atoms with E-state index in [0.717, 1.165) is 21.7 Å².